The molecular weight excluding hydrogens is 330 g/mol. The van der Waals surface area contributed by atoms with Crippen LogP contribution in [0.25, 0.3) is 16.9 Å². The van der Waals surface area contributed by atoms with E-state index in [0.717, 1.165) is 34.0 Å². The quantitative estimate of drug-likeness (QED) is 0.668. The monoisotopic (exact) mass is 353 g/mol. The van der Waals surface area contributed by atoms with Crippen LogP contribution < -0.4 is 14.2 Å². The van der Waals surface area contributed by atoms with Crippen molar-refractivity contribution in [3.63, 3.8) is 0 Å². The molecule has 1 aromatic heterocycles. The van der Waals surface area contributed by atoms with Crippen LogP contribution in [0.5, 0.6) is 17.2 Å². The Labute approximate surface area is 153 Å². The molecule has 0 saturated heterocycles. The van der Waals surface area contributed by atoms with Gasteiger partial charge in [0, 0.05) is 17.7 Å². The second kappa shape index (κ2) is 7.47. The average Bonchev–Trinajstić information content (AvgIpc) is 3.16. The van der Waals surface area contributed by atoms with Crippen LogP contribution in [-0.4, -0.2) is 36.3 Å². The van der Waals surface area contributed by atoms with Gasteiger partial charge in [-0.3, -0.25) is 0 Å². The van der Waals surface area contributed by atoms with Crippen molar-refractivity contribution in [3.05, 3.63) is 48.2 Å². The lowest BCUT2D eigenvalue weighted by Gasteiger charge is -2.16. The predicted molar refractivity (Wildman–Crippen MR) is 101 cm³/mol. The molecular formula is C20H23N3O3. The lowest BCUT2D eigenvalue weighted by molar-refractivity contribution is 0.390. The van der Waals surface area contributed by atoms with Gasteiger partial charge in [-0.05, 0) is 29.7 Å². The number of hydrogen-bond acceptors (Lipinski definition) is 5. The summed E-state index contributed by atoms with van der Waals surface area (Å²) in [5, 5.41) is 8.59. The van der Waals surface area contributed by atoms with E-state index >= 15 is 0 Å². The summed E-state index contributed by atoms with van der Waals surface area (Å²) in [4.78, 5) is 0. The van der Waals surface area contributed by atoms with Crippen LogP contribution in [0.4, 0.5) is 0 Å². The molecule has 0 spiro atoms. The molecule has 0 N–H and O–H groups in total. The first-order valence-electron chi connectivity index (χ1n) is 8.40. The molecule has 0 atom stereocenters. The van der Waals surface area contributed by atoms with Crippen molar-refractivity contribution in [2.24, 2.45) is 0 Å². The van der Waals surface area contributed by atoms with E-state index in [2.05, 4.69) is 30.2 Å². The minimum Gasteiger partial charge on any atom is -0.497 e. The molecule has 136 valence electrons. The fourth-order valence-corrected chi connectivity index (χ4v) is 2.84. The summed E-state index contributed by atoms with van der Waals surface area (Å²) in [6.45, 7) is 4.25. The zero-order valence-electron chi connectivity index (χ0n) is 15.7. The van der Waals surface area contributed by atoms with Crippen LogP contribution in [-0.2, 0) is 0 Å². The highest BCUT2D eigenvalue weighted by atomic mass is 16.5. The van der Waals surface area contributed by atoms with Crippen LogP contribution >= 0.6 is 0 Å². The Morgan fingerprint density at radius 2 is 1.69 bits per heavy atom. The third kappa shape index (κ3) is 3.35. The SMILES string of the molecule is COc1cccc(-n2cc(-c3cc(C(C)C)c(OC)cc3OC)nn2)c1. The zero-order chi connectivity index (χ0) is 18.7. The first-order chi connectivity index (χ1) is 12.6. The van der Waals surface area contributed by atoms with E-state index in [-0.39, 0.29) is 0 Å². The number of hydrogen-bond donors (Lipinski definition) is 0. The summed E-state index contributed by atoms with van der Waals surface area (Å²) in [5.41, 5.74) is 3.58. The van der Waals surface area contributed by atoms with Gasteiger partial charge in [0.25, 0.3) is 0 Å². The van der Waals surface area contributed by atoms with Gasteiger partial charge in [0.2, 0.25) is 0 Å². The molecule has 0 fully saturated rings. The van der Waals surface area contributed by atoms with Crippen LogP contribution in [0, 0.1) is 0 Å². The average molecular weight is 353 g/mol. The summed E-state index contributed by atoms with van der Waals surface area (Å²) in [6.07, 6.45) is 1.88. The maximum absolute atomic E-state index is 5.55. The number of methoxy groups -OCH3 is 3. The van der Waals surface area contributed by atoms with Crippen LogP contribution in [0.3, 0.4) is 0 Å². The molecule has 0 saturated carbocycles. The number of nitrogens with zero attached hydrogens (tertiary/aromatic N) is 3. The summed E-state index contributed by atoms with van der Waals surface area (Å²) in [6, 6.07) is 11.6. The molecule has 0 unspecified atom stereocenters. The molecule has 0 amide bonds. The summed E-state index contributed by atoms with van der Waals surface area (Å²) in [5.74, 6) is 2.58. The lowest BCUT2D eigenvalue weighted by atomic mass is 9.97. The molecule has 0 aliphatic carbocycles. The van der Waals surface area contributed by atoms with E-state index < -0.39 is 0 Å². The van der Waals surface area contributed by atoms with Gasteiger partial charge >= 0.3 is 0 Å². The van der Waals surface area contributed by atoms with Crippen molar-refractivity contribution in [3.8, 4) is 34.2 Å². The zero-order valence-corrected chi connectivity index (χ0v) is 15.7. The molecule has 0 radical (unpaired) electrons. The maximum atomic E-state index is 5.55. The third-order valence-electron chi connectivity index (χ3n) is 4.26. The molecule has 0 bridgehead atoms. The molecule has 6 nitrogen and oxygen atoms in total. The standard InChI is InChI=1S/C20H23N3O3/c1-13(2)16-10-17(20(26-5)11-19(16)25-4)18-12-23(22-21-18)14-7-6-8-15(9-14)24-3/h6-13H,1-5H3. The third-order valence-corrected chi connectivity index (χ3v) is 4.26. The highest BCUT2D eigenvalue weighted by Gasteiger charge is 2.17. The fourth-order valence-electron chi connectivity index (χ4n) is 2.84. The largest absolute Gasteiger partial charge is 0.497 e. The van der Waals surface area contributed by atoms with Crippen molar-refractivity contribution in [1.29, 1.82) is 0 Å². The van der Waals surface area contributed by atoms with E-state index in [9.17, 15) is 0 Å². The first kappa shape index (κ1) is 17.8. The topological polar surface area (TPSA) is 58.4 Å². The predicted octanol–water partition coefficient (Wildman–Crippen LogP) is 4.08. The Morgan fingerprint density at radius 3 is 2.35 bits per heavy atom. The number of benzene rings is 2. The molecule has 1 heterocycles. The van der Waals surface area contributed by atoms with Gasteiger partial charge in [-0.25, -0.2) is 4.68 Å². The second-order valence-electron chi connectivity index (χ2n) is 6.20. The Bertz CT molecular complexity index is 903. The molecule has 3 rings (SSSR count). The van der Waals surface area contributed by atoms with Gasteiger partial charge in [-0.2, -0.15) is 0 Å². The van der Waals surface area contributed by atoms with Crippen molar-refractivity contribution in [2.45, 2.75) is 19.8 Å². The second-order valence-corrected chi connectivity index (χ2v) is 6.20. The molecule has 26 heavy (non-hydrogen) atoms. The molecule has 0 aliphatic rings. The van der Waals surface area contributed by atoms with E-state index in [0.29, 0.717) is 11.7 Å². The van der Waals surface area contributed by atoms with Gasteiger partial charge < -0.3 is 14.2 Å². The summed E-state index contributed by atoms with van der Waals surface area (Å²) < 4.78 is 18.1. The summed E-state index contributed by atoms with van der Waals surface area (Å²) >= 11 is 0. The molecule has 0 aliphatic heterocycles. The Hall–Kier alpha value is -3.02. The highest BCUT2D eigenvalue weighted by molar-refractivity contribution is 5.70. The minimum absolute atomic E-state index is 0.308. The summed E-state index contributed by atoms with van der Waals surface area (Å²) in [7, 11) is 4.95. The Kier molecular flexibility index (Phi) is 5.11. The van der Waals surface area contributed by atoms with E-state index in [1.165, 1.54) is 0 Å². The Morgan fingerprint density at radius 1 is 0.923 bits per heavy atom. The van der Waals surface area contributed by atoms with E-state index in [1.807, 2.05) is 36.5 Å². The smallest absolute Gasteiger partial charge is 0.132 e. The van der Waals surface area contributed by atoms with Crippen molar-refractivity contribution in [1.82, 2.24) is 15.0 Å². The van der Waals surface area contributed by atoms with Gasteiger partial charge in [-0.1, -0.05) is 25.1 Å². The van der Waals surface area contributed by atoms with Gasteiger partial charge in [0.15, 0.2) is 0 Å². The van der Waals surface area contributed by atoms with Crippen LogP contribution in [0.1, 0.15) is 25.3 Å². The van der Waals surface area contributed by atoms with E-state index in [4.69, 9.17) is 14.2 Å². The molecule has 3 aromatic rings. The van der Waals surface area contributed by atoms with Crippen molar-refractivity contribution >= 4 is 0 Å². The number of ether oxygens (including phenoxy) is 3. The molecule has 6 heteroatoms. The van der Waals surface area contributed by atoms with Crippen molar-refractivity contribution in [2.75, 3.05) is 21.3 Å². The molecule has 2 aromatic carbocycles. The van der Waals surface area contributed by atoms with Gasteiger partial charge in [0.1, 0.15) is 22.9 Å². The lowest BCUT2D eigenvalue weighted by Crippen LogP contribution is -1.98. The maximum Gasteiger partial charge on any atom is 0.132 e. The van der Waals surface area contributed by atoms with Gasteiger partial charge in [0.05, 0.1) is 33.2 Å². The normalized spacial score (nSPS) is 10.8. The van der Waals surface area contributed by atoms with E-state index in [1.54, 1.807) is 26.0 Å². The number of aromatic nitrogens is 3. The van der Waals surface area contributed by atoms with Crippen molar-refractivity contribution < 1.29 is 14.2 Å². The van der Waals surface area contributed by atoms with Crippen LogP contribution in [0.2, 0.25) is 0 Å². The fraction of sp³-hybridized carbons (Fsp3) is 0.300. The van der Waals surface area contributed by atoms with Gasteiger partial charge in [-0.15, -0.1) is 5.10 Å². The van der Waals surface area contributed by atoms with Crippen LogP contribution in [0.15, 0.2) is 42.6 Å². The minimum atomic E-state index is 0.308. The first-order valence-corrected chi connectivity index (χ1v) is 8.40. The number of rotatable bonds is 6. The Balaban J connectivity index is 2.07. The highest BCUT2D eigenvalue weighted by Crippen LogP contribution is 2.38.